The highest BCUT2D eigenvalue weighted by Gasteiger charge is 2.19. The van der Waals surface area contributed by atoms with Gasteiger partial charge in [-0.2, -0.15) is 0 Å². The van der Waals surface area contributed by atoms with E-state index in [-0.39, 0.29) is 31.1 Å². The predicted octanol–water partition coefficient (Wildman–Crippen LogP) is 22.4. The van der Waals surface area contributed by atoms with Crippen molar-refractivity contribution in [2.75, 3.05) is 13.2 Å². The largest absolute Gasteiger partial charge is 0.462 e. The van der Waals surface area contributed by atoms with Gasteiger partial charge in [-0.25, -0.2) is 0 Å². The Morgan fingerprint density at radius 2 is 0.452 bits per heavy atom. The topological polar surface area (TPSA) is 78.9 Å². The summed E-state index contributed by atoms with van der Waals surface area (Å²) < 4.78 is 17.0. The highest BCUT2D eigenvalue weighted by Crippen LogP contribution is 2.18. The number of allylic oxidation sites excluding steroid dienone is 2. The van der Waals surface area contributed by atoms with Crippen molar-refractivity contribution in [3.8, 4) is 0 Å². The van der Waals surface area contributed by atoms with E-state index in [1.807, 2.05) is 0 Å². The quantitative estimate of drug-likeness (QED) is 0.0261. The summed E-state index contributed by atoms with van der Waals surface area (Å²) in [5.74, 6) is -0.841. The van der Waals surface area contributed by atoms with E-state index in [0.29, 0.717) is 19.3 Å². The Bertz CT molecular complexity index is 1130. The van der Waals surface area contributed by atoms with Gasteiger partial charge in [-0.3, -0.25) is 14.4 Å². The molecule has 73 heavy (non-hydrogen) atoms. The monoisotopic (exact) mass is 1030 g/mol. The fourth-order valence-electron chi connectivity index (χ4n) is 10.3. The van der Waals surface area contributed by atoms with Crippen molar-refractivity contribution in [1.29, 1.82) is 0 Å². The zero-order valence-electron chi connectivity index (χ0n) is 49.7. The fraction of sp³-hybridized carbons (Fsp3) is 0.925. The zero-order valence-corrected chi connectivity index (χ0v) is 49.7. The van der Waals surface area contributed by atoms with Gasteiger partial charge in [-0.1, -0.05) is 328 Å². The summed E-state index contributed by atoms with van der Waals surface area (Å²) in [6.07, 6.45) is 73.7. The first-order valence-electron chi connectivity index (χ1n) is 33.2. The molecule has 0 unspecified atom stereocenters. The molecule has 0 heterocycles. The minimum absolute atomic E-state index is 0.0658. The summed E-state index contributed by atoms with van der Waals surface area (Å²) in [6, 6.07) is 0. The van der Waals surface area contributed by atoms with E-state index in [9.17, 15) is 14.4 Å². The van der Waals surface area contributed by atoms with Crippen LogP contribution in [0.25, 0.3) is 0 Å². The molecule has 0 aliphatic carbocycles. The molecule has 0 bridgehead atoms. The van der Waals surface area contributed by atoms with Gasteiger partial charge in [0.2, 0.25) is 0 Å². The van der Waals surface area contributed by atoms with E-state index in [0.717, 1.165) is 64.2 Å². The summed E-state index contributed by atoms with van der Waals surface area (Å²) >= 11 is 0. The van der Waals surface area contributed by atoms with Crippen LogP contribution in [0.1, 0.15) is 380 Å². The maximum absolute atomic E-state index is 12.9. The van der Waals surface area contributed by atoms with Gasteiger partial charge in [0.1, 0.15) is 13.2 Å². The van der Waals surface area contributed by atoms with Crippen LogP contribution < -0.4 is 0 Å². The molecule has 0 aliphatic heterocycles. The van der Waals surface area contributed by atoms with E-state index in [4.69, 9.17) is 14.2 Å². The van der Waals surface area contributed by atoms with Crippen molar-refractivity contribution in [3.05, 3.63) is 12.2 Å². The molecule has 6 nitrogen and oxygen atoms in total. The van der Waals surface area contributed by atoms with Gasteiger partial charge in [0, 0.05) is 19.3 Å². The van der Waals surface area contributed by atoms with Crippen LogP contribution in [-0.4, -0.2) is 37.2 Å². The Morgan fingerprint density at radius 1 is 0.260 bits per heavy atom. The first kappa shape index (κ1) is 71.2. The molecule has 0 rings (SSSR count). The van der Waals surface area contributed by atoms with Crippen LogP contribution >= 0.6 is 0 Å². The zero-order chi connectivity index (χ0) is 52.9. The van der Waals surface area contributed by atoms with Crippen molar-refractivity contribution < 1.29 is 28.6 Å². The number of carbonyl (C=O) groups excluding carboxylic acids is 3. The van der Waals surface area contributed by atoms with Crippen molar-refractivity contribution in [3.63, 3.8) is 0 Å². The Labute approximate surface area is 456 Å². The molecule has 1 atom stereocenters. The summed E-state index contributed by atoms with van der Waals surface area (Å²) in [6.45, 7) is 6.71. The van der Waals surface area contributed by atoms with Gasteiger partial charge < -0.3 is 14.2 Å². The maximum atomic E-state index is 12.9. The van der Waals surface area contributed by atoms with Gasteiger partial charge in [-0.05, 0) is 44.9 Å². The SMILES string of the molecule is CCCCCCCC/C=C\CCCCCCCC(=O)OC[C@H](COC(=O)CCCCCCCCCCCCCCCCCCCCCCC)OC(=O)CCCCCCCCCCCCCCCCCCCCC. The van der Waals surface area contributed by atoms with Crippen LogP contribution in [0.5, 0.6) is 0 Å². The molecule has 432 valence electrons. The molecule has 0 saturated carbocycles. The van der Waals surface area contributed by atoms with Crippen LogP contribution in [0.2, 0.25) is 0 Å². The molecule has 0 N–H and O–H groups in total. The lowest BCUT2D eigenvalue weighted by molar-refractivity contribution is -0.167. The van der Waals surface area contributed by atoms with Gasteiger partial charge >= 0.3 is 17.9 Å². The minimum atomic E-state index is -0.769. The number of rotatable bonds is 62. The van der Waals surface area contributed by atoms with E-state index in [2.05, 4.69) is 32.9 Å². The lowest BCUT2D eigenvalue weighted by Gasteiger charge is -2.18. The minimum Gasteiger partial charge on any atom is -0.462 e. The van der Waals surface area contributed by atoms with E-state index >= 15 is 0 Å². The third-order valence-electron chi connectivity index (χ3n) is 15.3. The Morgan fingerprint density at radius 3 is 0.685 bits per heavy atom. The number of hydrogen-bond donors (Lipinski definition) is 0. The molecule has 6 heteroatoms. The van der Waals surface area contributed by atoms with Gasteiger partial charge in [0.15, 0.2) is 6.10 Å². The second-order valence-electron chi connectivity index (χ2n) is 22.7. The molecule has 0 fully saturated rings. The van der Waals surface area contributed by atoms with Crippen LogP contribution in [0, 0.1) is 0 Å². The van der Waals surface area contributed by atoms with Crippen LogP contribution in [-0.2, 0) is 28.6 Å². The number of unbranched alkanes of at least 4 members (excludes halogenated alkanes) is 49. The molecular weight excluding hydrogens is 901 g/mol. The Kier molecular flexibility index (Phi) is 61.1. The predicted molar refractivity (Wildman–Crippen MR) is 317 cm³/mol. The molecule has 0 saturated heterocycles. The first-order chi connectivity index (χ1) is 36.0. The Hall–Kier alpha value is -1.85. The third kappa shape index (κ3) is 60.9. The number of ether oxygens (including phenoxy) is 3. The number of hydrogen-bond acceptors (Lipinski definition) is 6. The molecule has 0 aliphatic rings. The molecule has 0 aromatic carbocycles. The second kappa shape index (κ2) is 62.7. The lowest BCUT2D eigenvalue weighted by atomic mass is 10.0. The van der Waals surface area contributed by atoms with Crippen molar-refractivity contribution in [1.82, 2.24) is 0 Å². The van der Waals surface area contributed by atoms with Gasteiger partial charge in [0.25, 0.3) is 0 Å². The average molecular weight is 1030 g/mol. The molecule has 0 amide bonds. The Balaban J connectivity index is 4.28. The molecule has 0 spiro atoms. The lowest BCUT2D eigenvalue weighted by Crippen LogP contribution is -2.30. The van der Waals surface area contributed by atoms with Crippen LogP contribution in [0.4, 0.5) is 0 Å². The maximum Gasteiger partial charge on any atom is 0.306 e. The molecule has 0 aromatic rings. The number of carbonyl (C=O) groups is 3. The normalized spacial score (nSPS) is 12.0. The van der Waals surface area contributed by atoms with E-state index in [1.54, 1.807) is 0 Å². The molecule has 0 aromatic heterocycles. The highest BCUT2D eigenvalue weighted by molar-refractivity contribution is 5.71. The summed E-state index contributed by atoms with van der Waals surface area (Å²) in [5.41, 5.74) is 0. The summed E-state index contributed by atoms with van der Waals surface area (Å²) in [5, 5.41) is 0. The smallest absolute Gasteiger partial charge is 0.306 e. The molecular formula is C67H128O6. The molecule has 0 radical (unpaired) electrons. The van der Waals surface area contributed by atoms with Crippen molar-refractivity contribution in [2.45, 2.75) is 386 Å². The first-order valence-corrected chi connectivity index (χ1v) is 33.2. The second-order valence-corrected chi connectivity index (χ2v) is 22.7. The average Bonchev–Trinajstić information content (AvgIpc) is 3.39. The van der Waals surface area contributed by atoms with Crippen LogP contribution in [0.15, 0.2) is 12.2 Å². The van der Waals surface area contributed by atoms with Gasteiger partial charge in [-0.15, -0.1) is 0 Å². The highest BCUT2D eigenvalue weighted by atomic mass is 16.6. The third-order valence-corrected chi connectivity index (χ3v) is 15.3. The van der Waals surface area contributed by atoms with Gasteiger partial charge in [0.05, 0.1) is 0 Å². The fourth-order valence-corrected chi connectivity index (χ4v) is 10.3. The van der Waals surface area contributed by atoms with E-state index < -0.39 is 6.10 Å². The standard InChI is InChI=1S/C67H128O6/c1-4-7-10-13-16-19-22-25-28-30-32-33-35-36-39-42-45-48-51-54-57-60-66(69)72-63-64(62-71-65(68)59-56-53-50-47-44-41-38-27-24-21-18-15-12-9-6-3)73-67(70)61-58-55-52-49-46-43-40-37-34-31-29-26-23-20-17-14-11-8-5-2/h27,38,64H,4-26,28-37,39-63H2,1-3H3/b38-27-/t64-/m1/s1. The van der Waals surface area contributed by atoms with E-state index in [1.165, 1.54) is 276 Å². The summed E-state index contributed by atoms with van der Waals surface area (Å²) in [7, 11) is 0. The number of esters is 3. The van der Waals surface area contributed by atoms with Crippen LogP contribution in [0.3, 0.4) is 0 Å². The van der Waals surface area contributed by atoms with Crippen molar-refractivity contribution >= 4 is 17.9 Å². The summed E-state index contributed by atoms with van der Waals surface area (Å²) in [4.78, 5) is 38.3. The van der Waals surface area contributed by atoms with Crippen molar-refractivity contribution in [2.24, 2.45) is 0 Å².